The standard InChI is InChI=1S/Ca.Mg.H3N.H3O4P.H2.4H/c;;;1-5(2,3)4;;;;;/h;;1H3;(H3,1,2,3,4);1H;;;;/q2*+2;;;;4*-1. The molecule has 0 fully saturated rings. The molecule has 0 aliphatic rings. The number of rotatable bonds is 0. The van der Waals surface area contributed by atoms with Crippen molar-refractivity contribution in [2.45, 2.75) is 0 Å². The monoisotopic (exact) mass is 185 g/mol. The van der Waals surface area contributed by atoms with Gasteiger partial charge in [0.25, 0.3) is 0 Å². The van der Waals surface area contributed by atoms with E-state index in [1.54, 1.807) is 0 Å². The molecule has 0 aromatic rings. The molecule has 0 saturated heterocycles. The van der Waals surface area contributed by atoms with Crippen LogP contribution in [0.25, 0.3) is 0 Å². The topological polar surface area (TPSA) is 113 Å². The predicted octanol–water partition coefficient (Wildman–Crippen LogP) is -0.832. The molecule has 0 unspecified atom stereocenters. The third-order valence-electron chi connectivity index (χ3n) is 0. The molecule has 0 rings (SSSR count). The van der Waals surface area contributed by atoms with Crippen molar-refractivity contribution < 1.29 is 26.4 Å². The molecular formula is H12CaMgNO4P. The van der Waals surface area contributed by atoms with Crippen molar-refractivity contribution in [2.75, 3.05) is 0 Å². The molecule has 0 heterocycles. The van der Waals surface area contributed by atoms with Gasteiger partial charge in [0.1, 0.15) is 0 Å². The van der Waals surface area contributed by atoms with E-state index in [0.29, 0.717) is 0 Å². The second-order valence-corrected chi connectivity index (χ2v) is 1.54. The second kappa shape index (κ2) is 9.10. The summed E-state index contributed by atoms with van der Waals surface area (Å²) in [5, 5.41) is 0. The van der Waals surface area contributed by atoms with E-state index < -0.39 is 7.82 Å². The molecule has 5 nitrogen and oxygen atoms in total. The van der Waals surface area contributed by atoms with Crippen LogP contribution in [-0.2, 0) is 4.57 Å². The van der Waals surface area contributed by atoms with Gasteiger partial charge in [0.2, 0.25) is 0 Å². The van der Waals surface area contributed by atoms with E-state index in [0.717, 1.165) is 0 Å². The zero-order valence-electron chi connectivity index (χ0n) is 8.32. The molecule has 0 aromatic heterocycles. The molecule has 0 bridgehead atoms. The molecule has 0 spiro atoms. The fraction of sp³-hybridized carbons (Fsp3) is 0. The predicted molar refractivity (Wildman–Crippen MR) is 37.4 cm³/mol. The van der Waals surface area contributed by atoms with Crippen molar-refractivity contribution in [2.24, 2.45) is 0 Å². The fourth-order valence-corrected chi connectivity index (χ4v) is 0. The summed E-state index contributed by atoms with van der Waals surface area (Å²) >= 11 is 0. The first-order chi connectivity index (χ1) is 2.00. The summed E-state index contributed by atoms with van der Waals surface area (Å²) in [6.45, 7) is 0. The quantitative estimate of drug-likeness (QED) is 0.291. The van der Waals surface area contributed by atoms with Crippen molar-refractivity contribution in [1.82, 2.24) is 6.15 Å². The molecule has 0 aromatic carbocycles. The van der Waals surface area contributed by atoms with Crippen LogP contribution in [0.4, 0.5) is 0 Å². The van der Waals surface area contributed by atoms with Gasteiger partial charge < -0.3 is 26.5 Å². The molecular weight excluding hydrogens is 173 g/mol. The normalized spacial score (nSPS) is 7.38. The van der Waals surface area contributed by atoms with E-state index in [2.05, 4.69) is 0 Å². The van der Waals surface area contributed by atoms with Crippen LogP contribution in [0.15, 0.2) is 0 Å². The summed E-state index contributed by atoms with van der Waals surface area (Å²) in [7, 11) is -4.64. The Balaban J connectivity index is -0.00000000286. The van der Waals surface area contributed by atoms with E-state index in [1.807, 2.05) is 0 Å². The average Bonchev–Trinajstić information content (AvgIpc) is 0.722. The summed E-state index contributed by atoms with van der Waals surface area (Å²) in [5.41, 5.74) is 0. The molecule has 0 radical (unpaired) electrons. The molecule has 8 heavy (non-hydrogen) atoms. The van der Waals surface area contributed by atoms with E-state index >= 15 is 0 Å². The van der Waals surface area contributed by atoms with Crippen LogP contribution in [-0.4, -0.2) is 75.5 Å². The van der Waals surface area contributed by atoms with Crippen LogP contribution in [0.2, 0.25) is 0 Å². The first-order valence-corrected chi connectivity index (χ1v) is 2.35. The van der Waals surface area contributed by atoms with Gasteiger partial charge >= 0.3 is 68.6 Å². The SMILES string of the molecule is N.O=P(O)(O)O.[Ca+2].[H-].[H-].[H-].[H-].[HH].[Mg+2]. The molecule has 0 aliphatic heterocycles. The Hall–Kier alpha value is 2.10. The largest absolute Gasteiger partial charge is 2.00 e. The maximum Gasteiger partial charge on any atom is 2.00 e. The third kappa shape index (κ3) is 92.8. The van der Waals surface area contributed by atoms with Gasteiger partial charge in [-0.05, 0) is 0 Å². The average molecular weight is 185 g/mol. The van der Waals surface area contributed by atoms with Gasteiger partial charge in [0.05, 0.1) is 0 Å². The van der Waals surface area contributed by atoms with Gasteiger partial charge in [-0.2, -0.15) is 0 Å². The summed E-state index contributed by atoms with van der Waals surface area (Å²) in [6, 6.07) is 0. The van der Waals surface area contributed by atoms with Crippen molar-refractivity contribution in [1.29, 1.82) is 0 Å². The van der Waals surface area contributed by atoms with Crippen LogP contribution in [0, 0.1) is 0 Å². The van der Waals surface area contributed by atoms with Gasteiger partial charge in [0, 0.05) is 1.43 Å². The van der Waals surface area contributed by atoms with Gasteiger partial charge in [-0.25, -0.2) is 4.57 Å². The minimum Gasteiger partial charge on any atom is -1.00 e. The van der Waals surface area contributed by atoms with Crippen LogP contribution < -0.4 is 6.15 Å². The van der Waals surface area contributed by atoms with Crippen LogP contribution in [0.5, 0.6) is 0 Å². The van der Waals surface area contributed by atoms with Crippen LogP contribution in [0.3, 0.4) is 0 Å². The smallest absolute Gasteiger partial charge is 1.00 e. The number of hydrogen-bond acceptors (Lipinski definition) is 2. The Kier molecular flexibility index (Phi) is 25.6. The van der Waals surface area contributed by atoms with Gasteiger partial charge in [-0.3, -0.25) is 0 Å². The molecule has 0 saturated carbocycles. The maximum absolute atomic E-state index is 8.88. The third-order valence-corrected chi connectivity index (χ3v) is 0. The minimum absolute atomic E-state index is 0. The molecule has 50 valence electrons. The second-order valence-electron chi connectivity index (χ2n) is 0.513. The number of phosphoric acid groups is 1. The summed E-state index contributed by atoms with van der Waals surface area (Å²) in [4.78, 5) is 21.6. The van der Waals surface area contributed by atoms with Gasteiger partial charge in [-0.1, -0.05) is 0 Å². The number of hydrogen-bond donors (Lipinski definition) is 4. The van der Waals surface area contributed by atoms with Gasteiger partial charge in [0.15, 0.2) is 0 Å². The van der Waals surface area contributed by atoms with Crippen LogP contribution >= 0.6 is 7.82 Å². The minimum atomic E-state index is -4.64. The van der Waals surface area contributed by atoms with Crippen molar-refractivity contribution in [3.05, 3.63) is 0 Å². The van der Waals surface area contributed by atoms with Crippen LogP contribution in [0.1, 0.15) is 7.13 Å². The van der Waals surface area contributed by atoms with Crippen molar-refractivity contribution in [3.8, 4) is 0 Å². The Morgan fingerprint density at radius 1 is 1.38 bits per heavy atom. The van der Waals surface area contributed by atoms with E-state index in [9.17, 15) is 0 Å². The molecule has 0 amide bonds. The summed E-state index contributed by atoms with van der Waals surface area (Å²) in [5.74, 6) is 0. The molecule has 6 N–H and O–H groups in total. The Bertz CT molecular complexity index is 74.7. The summed E-state index contributed by atoms with van der Waals surface area (Å²) < 4.78 is 8.88. The molecule has 0 atom stereocenters. The Morgan fingerprint density at radius 2 is 1.38 bits per heavy atom. The first-order valence-electron chi connectivity index (χ1n) is 0.783. The molecule has 8 heteroatoms. The van der Waals surface area contributed by atoms with Gasteiger partial charge in [-0.15, -0.1) is 0 Å². The van der Waals surface area contributed by atoms with E-state index in [-0.39, 0.29) is 74.1 Å². The Labute approximate surface area is 100 Å². The van der Waals surface area contributed by atoms with Crippen molar-refractivity contribution in [3.63, 3.8) is 0 Å². The molecule has 0 aliphatic carbocycles. The van der Waals surface area contributed by atoms with E-state index in [1.165, 1.54) is 0 Å². The maximum atomic E-state index is 8.88. The summed E-state index contributed by atoms with van der Waals surface area (Å²) in [6.07, 6.45) is 0. The first kappa shape index (κ1) is 22.5. The Morgan fingerprint density at radius 3 is 1.38 bits per heavy atom. The fourth-order valence-electron chi connectivity index (χ4n) is 0. The zero-order valence-corrected chi connectivity index (χ0v) is 8.84. The van der Waals surface area contributed by atoms with E-state index in [4.69, 9.17) is 19.2 Å². The zero-order chi connectivity index (χ0) is 4.50. The van der Waals surface area contributed by atoms with Crippen molar-refractivity contribution >= 4 is 68.6 Å².